The van der Waals surface area contributed by atoms with Gasteiger partial charge in [0.05, 0.1) is 0 Å². The summed E-state index contributed by atoms with van der Waals surface area (Å²) in [6, 6.07) is 8.36. The third-order valence-corrected chi connectivity index (χ3v) is 1.92. The van der Waals surface area contributed by atoms with Crippen molar-refractivity contribution in [2.24, 2.45) is 0 Å². The molecule has 1 aromatic carbocycles. The Morgan fingerprint density at radius 1 is 0.824 bits per heavy atom. The van der Waals surface area contributed by atoms with Crippen LogP contribution in [0.4, 0.5) is 0 Å². The Balaban J connectivity index is -0.000000197. The number of rotatable bonds is 1. The number of terminal acetylenes is 1. The van der Waals surface area contributed by atoms with Crippen molar-refractivity contribution in [1.29, 1.82) is 0 Å². The number of benzene rings is 1. The van der Waals surface area contributed by atoms with Crippen LogP contribution in [0.25, 0.3) is 0 Å². The summed E-state index contributed by atoms with van der Waals surface area (Å²) < 4.78 is 0. The van der Waals surface area contributed by atoms with Gasteiger partial charge >= 0.3 is 0 Å². The maximum Gasteiger partial charge on any atom is -0.0395 e. The molecule has 1 aromatic rings. The van der Waals surface area contributed by atoms with Gasteiger partial charge in [-0.15, -0.1) is 12.8 Å². The van der Waals surface area contributed by atoms with E-state index in [9.17, 15) is 0 Å². The Morgan fingerprint density at radius 2 is 1.12 bits per heavy atom. The van der Waals surface area contributed by atoms with Crippen LogP contribution < -0.4 is 0 Å². The molecule has 17 heavy (non-hydrogen) atoms. The van der Waals surface area contributed by atoms with Crippen molar-refractivity contribution in [2.75, 3.05) is 0 Å². The van der Waals surface area contributed by atoms with Crippen molar-refractivity contribution in [3.05, 3.63) is 59.7 Å². The molecule has 0 heterocycles. The summed E-state index contributed by atoms with van der Waals surface area (Å²) in [7, 11) is 0. The summed E-state index contributed by atoms with van der Waals surface area (Å²) in [5, 5.41) is 0. The van der Waals surface area contributed by atoms with E-state index in [1.54, 1.807) is 0 Å². The van der Waals surface area contributed by atoms with Crippen molar-refractivity contribution >= 4 is 0 Å². The zero-order chi connectivity index (χ0) is 12.8. The smallest absolute Gasteiger partial charge is 0.0395 e. The lowest BCUT2D eigenvalue weighted by atomic mass is 10.1. The molecule has 94 valence electrons. The molecule has 0 heteroatoms. The zero-order valence-corrected chi connectivity index (χ0v) is 10.8. The Morgan fingerprint density at radius 3 is 1.29 bits per heavy atom. The molecule has 0 nitrogen and oxygen atoms in total. The first-order valence-electron chi connectivity index (χ1n) is 5.32. The number of aryl methyl sites for hydroxylation is 2. The van der Waals surface area contributed by atoms with Crippen molar-refractivity contribution in [3.63, 3.8) is 0 Å². The van der Waals surface area contributed by atoms with Gasteiger partial charge in [-0.2, -0.15) is 0 Å². The Labute approximate surface area is 108 Å². The highest BCUT2D eigenvalue weighted by Gasteiger charge is 1.83. The summed E-state index contributed by atoms with van der Waals surface area (Å²) in [5.74, 6) is 0. The van der Waals surface area contributed by atoms with Gasteiger partial charge in [0.2, 0.25) is 0 Å². The van der Waals surface area contributed by atoms with E-state index in [0.29, 0.717) is 0 Å². The van der Waals surface area contributed by atoms with Crippen molar-refractivity contribution in [2.45, 2.75) is 35.1 Å². The van der Waals surface area contributed by atoms with Gasteiger partial charge in [-0.3, -0.25) is 0 Å². The molecule has 0 unspecified atom stereocenters. The Hall–Kier alpha value is -1.74. The molecule has 0 aliphatic rings. The van der Waals surface area contributed by atoms with E-state index < -0.39 is 0 Å². The van der Waals surface area contributed by atoms with Crippen LogP contribution in [-0.4, -0.2) is 0 Å². The lowest BCUT2D eigenvalue weighted by Gasteiger charge is -1.93. The molecule has 0 aromatic heterocycles. The van der Waals surface area contributed by atoms with Gasteiger partial charge in [-0.25, -0.2) is 0 Å². The average Bonchev–Trinajstić information content (AvgIpc) is 2.34. The quantitative estimate of drug-likeness (QED) is 0.452. The van der Waals surface area contributed by atoms with E-state index in [1.165, 1.54) is 11.1 Å². The first kappa shape index (κ1) is 20.6. The molecule has 0 saturated carbocycles. The molecule has 0 N–H and O–H groups in total. The van der Waals surface area contributed by atoms with Crippen LogP contribution in [0.1, 0.15) is 32.4 Å². The molecule has 0 radical (unpaired) electrons. The lowest BCUT2D eigenvalue weighted by Crippen LogP contribution is -1.74. The van der Waals surface area contributed by atoms with E-state index in [1.807, 2.05) is 38.2 Å². The van der Waals surface area contributed by atoms with Crippen molar-refractivity contribution in [1.82, 2.24) is 0 Å². The van der Waals surface area contributed by atoms with Gasteiger partial charge in [0.1, 0.15) is 0 Å². The lowest BCUT2D eigenvalue weighted by molar-refractivity contribution is 1.34. The second-order valence-electron chi connectivity index (χ2n) is 3.14. The van der Waals surface area contributed by atoms with Crippen LogP contribution in [0.2, 0.25) is 0 Å². The van der Waals surface area contributed by atoms with E-state index in [4.69, 9.17) is 0 Å². The van der Waals surface area contributed by atoms with E-state index in [-0.39, 0.29) is 7.43 Å². The molecule has 0 aliphatic carbocycles. The Kier molecular flexibility index (Phi) is 20.3. The summed E-state index contributed by atoms with van der Waals surface area (Å²) in [6.45, 7) is 8.24. The molecule has 0 atom stereocenters. The van der Waals surface area contributed by atoms with Gasteiger partial charge in [0.15, 0.2) is 0 Å². The fraction of sp³-hybridized carbons (Fsp3) is 0.294. The molecule has 0 spiro atoms. The normalized spacial score (nSPS) is 8.59. The van der Waals surface area contributed by atoms with Crippen LogP contribution in [0.15, 0.2) is 48.6 Å². The van der Waals surface area contributed by atoms with E-state index in [2.05, 4.69) is 51.0 Å². The highest BCUT2D eigenvalue weighted by Crippen LogP contribution is 2.02. The average molecular weight is 230 g/mol. The predicted molar refractivity (Wildman–Crippen MR) is 82.2 cm³/mol. The highest BCUT2D eigenvalue weighted by atomic mass is 13.9. The van der Waals surface area contributed by atoms with Gasteiger partial charge in [-0.05, 0) is 38.8 Å². The highest BCUT2D eigenvalue weighted by molar-refractivity contribution is 5.23. The van der Waals surface area contributed by atoms with Crippen LogP contribution in [0.3, 0.4) is 0 Å². The van der Waals surface area contributed by atoms with Crippen LogP contribution >= 0.6 is 0 Å². The molecule has 0 saturated heterocycles. The minimum absolute atomic E-state index is 0. The molecule has 1 rings (SSSR count). The van der Waals surface area contributed by atoms with Crippen molar-refractivity contribution in [3.8, 4) is 12.8 Å². The number of allylic oxidation sites excluding steroid dienone is 4. The molecule has 0 amide bonds. The largest absolute Gasteiger partial charge is 0.124 e. The van der Waals surface area contributed by atoms with Crippen LogP contribution in [0, 0.1) is 26.7 Å². The van der Waals surface area contributed by atoms with Crippen molar-refractivity contribution < 1.29 is 0 Å². The van der Waals surface area contributed by atoms with E-state index in [0.717, 1.165) is 0 Å². The molecule has 0 bridgehead atoms. The summed E-state index contributed by atoms with van der Waals surface area (Å²) in [5.41, 5.74) is 2.74. The minimum atomic E-state index is 0. The predicted octanol–water partition coefficient (Wildman–Crippen LogP) is 5.33. The molecule has 0 aliphatic heterocycles. The SMILES string of the molecule is C.C#C.C/C=C\C=C/C.Cc1ccccc1C. The van der Waals surface area contributed by atoms with E-state index >= 15 is 0 Å². The maximum atomic E-state index is 4.00. The maximum absolute atomic E-state index is 4.00. The molecule has 0 fully saturated rings. The summed E-state index contributed by atoms with van der Waals surface area (Å²) in [4.78, 5) is 0. The monoisotopic (exact) mass is 230 g/mol. The van der Waals surface area contributed by atoms with Gasteiger partial charge in [0, 0.05) is 0 Å². The van der Waals surface area contributed by atoms with Crippen LogP contribution in [0.5, 0.6) is 0 Å². The second-order valence-corrected chi connectivity index (χ2v) is 3.14. The Bertz CT molecular complexity index is 296. The summed E-state index contributed by atoms with van der Waals surface area (Å²) >= 11 is 0. The zero-order valence-electron chi connectivity index (χ0n) is 10.8. The van der Waals surface area contributed by atoms with Gasteiger partial charge in [-0.1, -0.05) is 56.0 Å². The van der Waals surface area contributed by atoms with Gasteiger partial charge < -0.3 is 0 Å². The fourth-order valence-electron chi connectivity index (χ4n) is 0.885. The second kappa shape index (κ2) is 16.7. The first-order valence-corrected chi connectivity index (χ1v) is 5.32. The summed E-state index contributed by atoms with van der Waals surface area (Å²) in [6.07, 6.45) is 16.0. The number of hydrogen-bond acceptors (Lipinski definition) is 0. The standard InChI is InChI=1S/C8H10.C6H10.C2H2.CH4/c1-7-5-3-4-6-8(7)2;1-3-5-6-4-2;1-2;/h3-6H,1-2H3;3-6H,1-2H3;1-2H;1H4/b;5-3-,6-4-;;. The van der Waals surface area contributed by atoms with Gasteiger partial charge in [0.25, 0.3) is 0 Å². The minimum Gasteiger partial charge on any atom is -0.124 e. The number of hydrogen-bond donors (Lipinski definition) is 0. The van der Waals surface area contributed by atoms with Crippen LogP contribution in [-0.2, 0) is 0 Å². The first-order chi connectivity index (χ1) is 7.72. The third-order valence-electron chi connectivity index (χ3n) is 1.92. The fourth-order valence-corrected chi connectivity index (χ4v) is 0.885. The third kappa shape index (κ3) is 14.3. The molecular weight excluding hydrogens is 204 g/mol. The molecular formula is C17H26. The topological polar surface area (TPSA) is 0 Å².